The number of nitrogens with one attached hydrogen (secondary N) is 1. The van der Waals surface area contributed by atoms with Crippen LogP contribution >= 0.6 is 23.5 Å². The third kappa shape index (κ3) is 2.91. The topological polar surface area (TPSA) is 15.8 Å². The predicted octanol–water partition coefficient (Wildman–Crippen LogP) is 6.21. The molecular formula is C21H21NS2. The van der Waals surface area contributed by atoms with E-state index in [1.807, 2.05) is 0 Å². The van der Waals surface area contributed by atoms with Crippen LogP contribution in [0.4, 0.5) is 0 Å². The van der Waals surface area contributed by atoms with Crippen molar-refractivity contribution in [1.82, 2.24) is 4.98 Å². The molecule has 1 saturated heterocycles. The van der Waals surface area contributed by atoms with Crippen LogP contribution in [0.1, 0.15) is 23.2 Å². The van der Waals surface area contributed by atoms with Gasteiger partial charge in [0.1, 0.15) is 4.08 Å². The molecule has 0 atom stereocenters. The van der Waals surface area contributed by atoms with E-state index in [0.29, 0.717) is 0 Å². The highest BCUT2D eigenvalue weighted by molar-refractivity contribution is 8.18. The van der Waals surface area contributed by atoms with Crippen LogP contribution in [0.15, 0.2) is 60.7 Å². The van der Waals surface area contributed by atoms with Gasteiger partial charge in [-0.05, 0) is 36.5 Å². The van der Waals surface area contributed by atoms with Gasteiger partial charge in [0.15, 0.2) is 0 Å². The number of para-hydroxylation sites is 1. The number of thioether (sulfide) groups is 2. The number of aryl methyl sites for hydroxylation is 1. The van der Waals surface area contributed by atoms with E-state index in [4.69, 9.17) is 0 Å². The molecule has 1 aliphatic heterocycles. The van der Waals surface area contributed by atoms with E-state index in [2.05, 4.69) is 102 Å². The summed E-state index contributed by atoms with van der Waals surface area (Å²) >= 11 is 4.13. The van der Waals surface area contributed by atoms with E-state index in [-0.39, 0.29) is 4.08 Å². The predicted molar refractivity (Wildman–Crippen MR) is 110 cm³/mol. The summed E-state index contributed by atoms with van der Waals surface area (Å²) < 4.78 is 0.0321. The second-order valence-electron chi connectivity index (χ2n) is 6.13. The maximum atomic E-state index is 3.50. The summed E-state index contributed by atoms with van der Waals surface area (Å²) in [5, 5.41) is 1.31. The van der Waals surface area contributed by atoms with Crippen LogP contribution in [-0.2, 0) is 4.08 Å². The third-order valence-corrected chi connectivity index (χ3v) is 7.80. The molecule has 0 amide bonds. The molecule has 0 spiro atoms. The molecule has 3 heteroatoms. The Bertz CT molecular complexity index is 858. The zero-order chi connectivity index (χ0) is 16.4. The van der Waals surface area contributed by atoms with Gasteiger partial charge in [-0.25, -0.2) is 0 Å². The third-order valence-electron chi connectivity index (χ3n) is 4.51. The molecule has 1 fully saturated rings. The average molecular weight is 352 g/mol. The molecule has 0 aliphatic carbocycles. The summed E-state index contributed by atoms with van der Waals surface area (Å²) in [6, 6.07) is 19.5. The summed E-state index contributed by atoms with van der Waals surface area (Å²) in [5.41, 5.74) is 5.16. The number of aromatic amines is 1. The van der Waals surface area contributed by atoms with Crippen molar-refractivity contribution in [2.24, 2.45) is 0 Å². The smallest absolute Gasteiger partial charge is 0.105 e. The number of H-pyrrole nitrogens is 1. The number of rotatable bonds is 3. The van der Waals surface area contributed by atoms with Gasteiger partial charge in [-0.3, -0.25) is 0 Å². The summed E-state index contributed by atoms with van der Waals surface area (Å²) in [6.07, 6.45) is 6.04. The highest BCUT2D eigenvalue weighted by Crippen LogP contribution is 2.51. The summed E-state index contributed by atoms with van der Waals surface area (Å²) in [5.74, 6) is 2.44. The molecule has 1 aliphatic rings. The second-order valence-corrected chi connectivity index (χ2v) is 9.07. The van der Waals surface area contributed by atoms with Gasteiger partial charge >= 0.3 is 0 Å². The molecule has 24 heavy (non-hydrogen) atoms. The van der Waals surface area contributed by atoms with Crippen LogP contribution in [0.25, 0.3) is 17.0 Å². The molecule has 4 rings (SSSR count). The Balaban J connectivity index is 1.77. The molecule has 2 heterocycles. The lowest BCUT2D eigenvalue weighted by Gasteiger charge is -2.34. The fraction of sp³-hybridized carbons (Fsp3) is 0.238. The van der Waals surface area contributed by atoms with E-state index in [9.17, 15) is 0 Å². The number of hydrogen-bond donors (Lipinski definition) is 1. The molecule has 3 aromatic rings. The van der Waals surface area contributed by atoms with Crippen molar-refractivity contribution in [1.29, 1.82) is 0 Å². The van der Waals surface area contributed by atoms with Gasteiger partial charge in [-0.15, -0.1) is 23.5 Å². The van der Waals surface area contributed by atoms with Crippen LogP contribution in [0.5, 0.6) is 0 Å². The first-order valence-electron chi connectivity index (χ1n) is 8.38. The van der Waals surface area contributed by atoms with Crippen LogP contribution in [0, 0.1) is 6.92 Å². The Morgan fingerprint density at radius 1 is 0.958 bits per heavy atom. The Morgan fingerprint density at radius 2 is 1.67 bits per heavy atom. The van der Waals surface area contributed by atoms with E-state index in [0.717, 1.165) is 0 Å². The molecule has 0 saturated carbocycles. The summed E-state index contributed by atoms with van der Waals surface area (Å²) in [7, 11) is 0. The number of fused-ring (bicyclic) bond motifs is 1. The lowest BCUT2D eigenvalue weighted by molar-refractivity contribution is 1.04. The van der Waals surface area contributed by atoms with Crippen LogP contribution in [0.2, 0.25) is 0 Å². The Labute approximate surface area is 151 Å². The quantitative estimate of drug-likeness (QED) is 0.603. The fourth-order valence-corrected chi connectivity index (χ4v) is 6.42. The molecule has 1 aromatic heterocycles. The van der Waals surface area contributed by atoms with Crippen LogP contribution < -0.4 is 0 Å². The van der Waals surface area contributed by atoms with Crippen molar-refractivity contribution in [3.63, 3.8) is 0 Å². The van der Waals surface area contributed by atoms with Gasteiger partial charge in [0.2, 0.25) is 0 Å². The number of hydrogen-bond acceptors (Lipinski definition) is 2. The molecule has 0 radical (unpaired) electrons. The first kappa shape index (κ1) is 15.9. The lowest BCUT2D eigenvalue weighted by Crippen LogP contribution is -2.20. The van der Waals surface area contributed by atoms with E-state index >= 15 is 0 Å². The minimum Gasteiger partial charge on any atom is -0.358 e. The second kappa shape index (κ2) is 6.73. The van der Waals surface area contributed by atoms with Crippen molar-refractivity contribution in [2.45, 2.75) is 17.4 Å². The van der Waals surface area contributed by atoms with Gasteiger partial charge in [0, 0.05) is 22.2 Å². The largest absolute Gasteiger partial charge is 0.358 e. The normalized spacial score (nSPS) is 17.5. The number of aromatic nitrogens is 1. The average Bonchev–Trinajstić information content (AvgIpc) is 2.97. The molecule has 1 N–H and O–H groups in total. The Hall–Kier alpha value is -1.58. The van der Waals surface area contributed by atoms with Gasteiger partial charge in [0.05, 0.1) is 0 Å². The SMILES string of the molecule is Cc1[nH]c2ccccc2c1/C=C/C1(c2ccccc2)SCCCS1. The van der Waals surface area contributed by atoms with Crippen molar-refractivity contribution in [3.8, 4) is 0 Å². The van der Waals surface area contributed by atoms with E-state index in [1.165, 1.54) is 45.7 Å². The van der Waals surface area contributed by atoms with Gasteiger partial charge < -0.3 is 4.98 Å². The van der Waals surface area contributed by atoms with Crippen molar-refractivity contribution in [3.05, 3.63) is 77.5 Å². The zero-order valence-corrected chi connectivity index (χ0v) is 15.4. The first-order valence-corrected chi connectivity index (χ1v) is 10.4. The van der Waals surface area contributed by atoms with Crippen LogP contribution in [-0.4, -0.2) is 16.5 Å². The highest BCUT2D eigenvalue weighted by atomic mass is 32.2. The zero-order valence-electron chi connectivity index (χ0n) is 13.8. The highest BCUT2D eigenvalue weighted by Gasteiger charge is 2.33. The molecule has 1 nitrogen and oxygen atoms in total. The minimum atomic E-state index is 0.0321. The molecule has 2 aromatic carbocycles. The van der Waals surface area contributed by atoms with E-state index < -0.39 is 0 Å². The van der Waals surface area contributed by atoms with Crippen molar-refractivity contribution >= 4 is 40.5 Å². The van der Waals surface area contributed by atoms with Gasteiger partial charge in [-0.1, -0.05) is 60.7 Å². The Kier molecular flexibility index (Phi) is 4.47. The van der Waals surface area contributed by atoms with E-state index in [1.54, 1.807) is 0 Å². The molecule has 122 valence electrons. The van der Waals surface area contributed by atoms with Gasteiger partial charge in [0.25, 0.3) is 0 Å². The monoisotopic (exact) mass is 351 g/mol. The van der Waals surface area contributed by atoms with Gasteiger partial charge in [-0.2, -0.15) is 0 Å². The molecule has 0 bridgehead atoms. The minimum absolute atomic E-state index is 0.0321. The number of benzene rings is 2. The van der Waals surface area contributed by atoms with Crippen molar-refractivity contribution in [2.75, 3.05) is 11.5 Å². The standard InChI is InChI=1S/C21H21NS2/c1-16-18(19-10-5-6-11-20(19)22-16)12-13-21(23-14-7-15-24-21)17-8-3-2-4-9-17/h2-6,8-13,22H,7,14-15H2,1H3/b13-12+. The maximum Gasteiger partial charge on any atom is 0.105 e. The Morgan fingerprint density at radius 3 is 2.46 bits per heavy atom. The lowest BCUT2D eigenvalue weighted by atomic mass is 10.1. The molecule has 0 unspecified atom stereocenters. The summed E-state index contributed by atoms with van der Waals surface area (Å²) in [4.78, 5) is 3.50. The van der Waals surface area contributed by atoms with Crippen molar-refractivity contribution < 1.29 is 0 Å². The fourth-order valence-electron chi connectivity index (χ4n) is 3.28. The summed E-state index contributed by atoms with van der Waals surface area (Å²) in [6.45, 7) is 2.16. The maximum absolute atomic E-state index is 3.50. The first-order chi connectivity index (χ1) is 11.8. The molecular weight excluding hydrogens is 330 g/mol. The van der Waals surface area contributed by atoms with Crippen LogP contribution in [0.3, 0.4) is 0 Å².